The molecular formula is C23H30BrCl2NO2. The molecule has 0 aliphatic carbocycles. The first-order valence-corrected chi connectivity index (χ1v) is 11.1. The van der Waals surface area contributed by atoms with Crippen molar-refractivity contribution in [1.29, 1.82) is 0 Å². The van der Waals surface area contributed by atoms with Crippen molar-refractivity contribution < 1.29 is 9.47 Å². The van der Waals surface area contributed by atoms with E-state index >= 15 is 0 Å². The number of ether oxygens (including phenoxy) is 2. The third kappa shape index (κ3) is 7.36. The predicted octanol–water partition coefficient (Wildman–Crippen LogP) is 7.65. The summed E-state index contributed by atoms with van der Waals surface area (Å²) in [6.07, 6.45) is 1.04. The van der Waals surface area contributed by atoms with Crippen molar-refractivity contribution >= 4 is 39.1 Å². The molecule has 160 valence electrons. The average Bonchev–Trinajstić information content (AvgIpc) is 2.60. The van der Waals surface area contributed by atoms with E-state index in [4.69, 9.17) is 32.7 Å². The zero-order valence-corrected chi connectivity index (χ0v) is 21.1. The van der Waals surface area contributed by atoms with E-state index in [1.54, 1.807) is 13.2 Å². The number of hydrogen-bond acceptors (Lipinski definition) is 3. The van der Waals surface area contributed by atoms with Crippen LogP contribution in [0.25, 0.3) is 0 Å². The Kier molecular flexibility index (Phi) is 8.32. The molecule has 2 aromatic rings. The van der Waals surface area contributed by atoms with Gasteiger partial charge in [0.1, 0.15) is 6.61 Å². The summed E-state index contributed by atoms with van der Waals surface area (Å²) in [7, 11) is 1.65. The quantitative estimate of drug-likeness (QED) is 0.402. The second-order valence-corrected chi connectivity index (χ2v) is 10.7. The van der Waals surface area contributed by atoms with Crippen molar-refractivity contribution in [3.63, 3.8) is 0 Å². The molecule has 0 spiro atoms. The fourth-order valence-corrected chi connectivity index (χ4v) is 4.34. The summed E-state index contributed by atoms with van der Waals surface area (Å²) in [6, 6.07) is 9.39. The Hall–Kier alpha value is -0.940. The van der Waals surface area contributed by atoms with Crippen molar-refractivity contribution in [2.45, 2.75) is 59.7 Å². The van der Waals surface area contributed by atoms with Crippen molar-refractivity contribution in [3.05, 3.63) is 56.0 Å². The summed E-state index contributed by atoms with van der Waals surface area (Å²) in [6.45, 7) is 12.2. The van der Waals surface area contributed by atoms with Gasteiger partial charge in [-0.25, -0.2) is 0 Å². The van der Waals surface area contributed by atoms with E-state index in [1.807, 2.05) is 24.3 Å². The molecule has 1 N–H and O–H groups in total. The molecule has 0 bridgehead atoms. The molecule has 0 aromatic heterocycles. The molecule has 0 atom stereocenters. The first kappa shape index (κ1) is 24.3. The summed E-state index contributed by atoms with van der Waals surface area (Å²) in [5, 5.41) is 4.72. The van der Waals surface area contributed by atoms with Crippen LogP contribution < -0.4 is 14.8 Å². The van der Waals surface area contributed by atoms with E-state index in [1.165, 1.54) is 0 Å². The number of halogens is 3. The van der Waals surface area contributed by atoms with Crippen molar-refractivity contribution in [1.82, 2.24) is 5.32 Å². The average molecular weight is 503 g/mol. The Morgan fingerprint density at radius 2 is 1.69 bits per heavy atom. The molecule has 2 aromatic carbocycles. The lowest BCUT2D eigenvalue weighted by molar-refractivity contribution is 0.237. The highest BCUT2D eigenvalue weighted by Gasteiger charge is 2.26. The largest absolute Gasteiger partial charge is 0.493 e. The Bertz CT molecular complexity index is 848. The van der Waals surface area contributed by atoms with Crippen LogP contribution >= 0.6 is 39.1 Å². The molecule has 0 unspecified atom stereocenters. The second-order valence-electron chi connectivity index (χ2n) is 9.07. The molecule has 6 heteroatoms. The van der Waals surface area contributed by atoms with E-state index in [-0.39, 0.29) is 11.0 Å². The minimum Gasteiger partial charge on any atom is -0.493 e. The maximum absolute atomic E-state index is 6.19. The molecule has 0 radical (unpaired) electrons. The number of benzene rings is 2. The highest BCUT2D eigenvalue weighted by atomic mass is 79.9. The lowest BCUT2D eigenvalue weighted by Crippen LogP contribution is -2.42. The maximum atomic E-state index is 6.19. The van der Waals surface area contributed by atoms with Crippen molar-refractivity contribution in [2.24, 2.45) is 5.41 Å². The first-order valence-electron chi connectivity index (χ1n) is 9.59. The lowest BCUT2D eigenvalue weighted by atomic mass is 9.81. The Morgan fingerprint density at radius 3 is 2.28 bits per heavy atom. The molecule has 0 amide bonds. The van der Waals surface area contributed by atoms with Gasteiger partial charge < -0.3 is 14.8 Å². The van der Waals surface area contributed by atoms with Gasteiger partial charge in [-0.05, 0) is 55.5 Å². The van der Waals surface area contributed by atoms with Crippen LogP contribution in [0.3, 0.4) is 0 Å². The Balaban J connectivity index is 2.24. The molecule has 0 heterocycles. The third-order valence-corrected chi connectivity index (χ3v) is 5.95. The number of rotatable bonds is 8. The minimum atomic E-state index is -0.0261. The fourth-order valence-electron chi connectivity index (χ4n) is 3.57. The van der Waals surface area contributed by atoms with Gasteiger partial charge in [-0.1, -0.05) is 66.0 Å². The highest BCUT2D eigenvalue weighted by Crippen LogP contribution is 2.38. The van der Waals surface area contributed by atoms with E-state index in [9.17, 15) is 0 Å². The summed E-state index contributed by atoms with van der Waals surface area (Å²) in [5.74, 6) is 1.41. The van der Waals surface area contributed by atoms with Crippen LogP contribution in [0.2, 0.25) is 10.0 Å². The van der Waals surface area contributed by atoms with Crippen molar-refractivity contribution in [2.75, 3.05) is 7.11 Å². The van der Waals surface area contributed by atoms with Crippen LogP contribution in [0.1, 0.15) is 52.2 Å². The molecule has 3 nitrogen and oxygen atoms in total. The van der Waals surface area contributed by atoms with Crippen LogP contribution in [0.5, 0.6) is 11.5 Å². The van der Waals surface area contributed by atoms with Crippen molar-refractivity contribution in [3.8, 4) is 11.5 Å². The van der Waals surface area contributed by atoms with Gasteiger partial charge in [0.15, 0.2) is 11.5 Å². The minimum absolute atomic E-state index is 0.0261. The van der Waals surface area contributed by atoms with Gasteiger partial charge in [-0.2, -0.15) is 0 Å². The van der Waals surface area contributed by atoms with Crippen LogP contribution in [0, 0.1) is 5.41 Å². The summed E-state index contributed by atoms with van der Waals surface area (Å²) in [4.78, 5) is 0. The summed E-state index contributed by atoms with van der Waals surface area (Å²) >= 11 is 15.8. The monoisotopic (exact) mass is 501 g/mol. The first-order chi connectivity index (χ1) is 13.4. The molecular weight excluding hydrogens is 473 g/mol. The van der Waals surface area contributed by atoms with Gasteiger partial charge in [0, 0.05) is 22.1 Å². The van der Waals surface area contributed by atoms with Crippen LogP contribution in [-0.2, 0) is 13.2 Å². The van der Waals surface area contributed by atoms with Crippen LogP contribution in [0.4, 0.5) is 0 Å². The van der Waals surface area contributed by atoms with E-state index in [0.717, 1.165) is 22.0 Å². The van der Waals surface area contributed by atoms with E-state index < -0.39 is 0 Å². The zero-order chi connectivity index (χ0) is 21.8. The Morgan fingerprint density at radius 1 is 1.00 bits per heavy atom. The maximum Gasteiger partial charge on any atom is 0.167 e. The van der Waals surface area contributed by atoms with Gasteiger partial charge in [-0.15, -0.1) is 0 Å². The molecule has 0 saturated heterocycles. The van der Waals surface area contributed by atoms with Gasteiger partial charge in [0.2, 0.25) is 0 Å². The smallest absolute Gasteiger partial charge is 0.167 e. The SMILES string of the molecule is COc1ccc(Br)c(CNC(C)(C)CC(C)(C)C)c1OCc1ccc(Cl)c(Cl)c1. The summed E-state index contributed by atoms with van der Waals surface area (Å²) < 4.78 is 12.7. The molecule has 0 saturated carbocycles. The molecule has 2 rings (SSSR count). The van der Waals surface area contributed by atoms with Gasteiger partial charge in [0.25, 0.3) is 0 Å². The topological polar surface area (TPSA) is 30.5 Å². The fraction of sp³-hybridized carbons (Fsp3) is 0.478. The predicted molar refractivity (Wildman–Crippen MR) is 126 cm³/mol. The van der Waals surface area contributed by atoms with E-state index in [0.29, 0.717) is 34.7 Å². The normalized spacial score (nSPS) is 12.2. The Labute approximate surface area is 193 Å². The molecule has 0 aliphatic heterocycles. The second kappa shape index (κ2) is 9.91. The number of nitrogens with one attached hydrogen (secondary N) is 1. The van der Waals surface area contributed by atoms with Crippen LogP contribution in [0.15, 0.2) is 34.8 Å². The molecule has 29 heavy (non-hydrogen) atoms. The summed E-state index contributed by atoms with van der Waals surface area (Å²) in [5.41, 5.74) is 2.16. The third-order valence-electron chi connectivity index (χ3n) is 4.47. The van der Waals surface area contributed by atoms with Gasteiger partial charge >= 0.3 is 0 Å². The molecule has 0 fully saturated rings. The van der Waals surface area contributed by atoms with Gasteiger partial charge in [0.05, 0.1) is 17.2 Å². The molecule has 0 aliphatic rings. The number of hydrogen-bond donors (Lipinski definition) is 1. The highest BCUT2D eigenvalue weighted by molar-refractivity contribution is 9.10. The van der Waals surface area contributed by atoms with Gasteiger partial charge in [-0.3, -0.25) is 0 Å². The lowest BCUT2D eigenvalue weighted by Gasteiger charge is -2.34. The van der Waals surface area contributed by atoms with Crippen LogP contribution in [-0.4, -0.2) is 12.6 Å². The number of methoxy groups -OCH3 is 1. The zero-order valence-electron chi connectivity index (χ0n) is 18.0. The standard InChI is InChI=1S/C23H30BrCl2NO2/c1-22(2,3)14-23(4,5)27-12-16-17(24)8-10-20(28-6)21(16)29-13-15-7-9-18(25)19(26)11-15/h7-11,27H,12-14H2,1-6H3. The van der Waals surface area contributed by atoms with E-state index in [2.05, 4.69) is 55.9 Å².